The molecule has 1 aliphatic heterocycles. The summed E-state index contributed by atoms with van der Waals surface area (Å²) in [5.74, 6) is -1.28. The molecule has 290 valence electrons. The van der Waals surface area contributed by atoms with Gasteiger partial charge in [0.15, 0.2) is 13.2 Å². The highest BCUT2D eigenvalue weighted by atomic mass is 16.7. The van der Waals surface area contributed by atoms with Crippen molar-refractivity contribution in [2.75, 3.05) is 39.4 Å². The zero-order valence-corrected chi connectivity index (χ0v) is 30.8. The van der Waals surface area contributed by atoms with Gasteiger partial charge in [0.1, 0.15) is 23.3 Å². The first kappa shape index (κ1) is 44.7. The average molecular weight is 728 g/mol. The molecule has 1 heterocycles. The zero-order valence-electron chi connectivity index (χ0n) is 30.8. The summed E-state index contributed by atoms with van der Waals surface area (Å²) in [6, 6.07) is -1.34. The Morgan fingerprint density at radius 1 is 0.765 bits per heavy atom. The number of nitrogens with one attached hydrogen (secondary N) is 5. The Bertz CT molecular complexity index is 1180. The summed E-state index contributed by atoms with van der Waals surface area (Å²) in [4.78, 5) is 88.1. The minimum absolute atomic E-state index is 0.165. The fourth-order valence-electron chi connectivity index (χ4n) is 4.85. The molecule has 5 N–H and O–H groups in total. The number of ether oxygens (including phenoxy) is 2. The molecule has 51 heavy (non-hydrogen) atoms. The van der Waals surface area contributed by atoms with Crippen molar-refractivity contribution in [2.24, 2.45) is 5.11 Å². The minimum atomic E-state index is -0.808. The van der Waals surface area contributed by atoms with E-state index in [9.17, 15) is 28.8 Å². The van der Waals surface area contributed by atoms with Crippen molar-refractivity contribution in [3.63, 3.8) is 0 Å². The summed E-state index contributed by atoms with van der Waals surface area (Å²) in [7, 11) is 0. The minimum Gasteiger partial charge on any atom is -0.442 e. The maximum atomic E-state index is 13.5. The predicted molar refractivity (Wildman–Crippen MR) is 184 cm³/mol. The SMILES string of the molecule is CC(C)(C)OC(=O)NOCC(=O)NCCCC[C@@H]1NC(=O)[C@H](CCCCNC(=O)CONC(=O)OC(C)(C)C)N(CCCCCCN=[N+]=[N-])C1=O. The van der Waals surface area contributed by atoms with Crippen LogP contribution in [0.2, 0.25) is 0 Å². The molecule has 0 aromatic carbocycles. The van der Waals surface area contributed by atoms with Crippen LogP contribution in [0.25, 0.3) is 10.4 Å². The highest BCUT2D eigenvalue weighted by Gasteiger charge is 2.39. The summed E-state index contributed by atoms with van der Waals surface area (Å²) in [5.41, 5.74) is 11.1. The van der Waals surface area contributed by atoms with Gasteiger partial charge in [0.25, 0.3) is 0 Å². The van der Waals surface area contributed by atoms with Gasteiger partial charge in [-0.05, 0) is 98.4 Å². The molecule has 2 atom stereocenters. The second kappa shape index (κ2) is 23.9. The Morgan fingerprint density at radius 2 is 1.27 bits per heavy atom. The zero-order chi connectivity index (χ0) is 38.3. The molecular weight excluding hydrogens is 670 g/mol. The molecule has 0 saturated carbocycles. The second-order valence-corrected chi connectivity index (χ2v) is 14.0. The highest BCUT2D eigenvalue weighted by molar-refractivity contribution is 5.97. The number of amides is 6. The number of nitrogens with zero attached hydrogens (tertiary/aromatic N) is 4. The molecule has 1 aliphatic rings. The van der Waals surface area contributed by atoms with Crippen LogP contribution in [0.5, 0.6) is 0 Å². The summed E-state index contributed by atoms with van der Waals surface area (Å²) in [5, 5.41) is 11.8. The molecule has 1 rings (SSSR count). The molecule has 19 heteroatoms. The van der Waals surface area contributed by atoms with Gasteiger partial charge < -0.3 is 30.3 Å². The van der Waals surface area contributed by atoms with Gasteiger partial charge in [-0.2, -0.15) is 11.0 Å². The number of azide groups is 1. The number of carbonyl (C=O) groups excluding carboxylic acids is 6. The van der Waals surface area contributed by atoms with Crippen LogP contribution in [-0.2, 0) is 38.3 Å². The molecular formula is C32H57N9O10. The van der Waals surface area contributed by atoms with Gasteiger partial charge in [-0.1, -0.05) is 18.0 Å². The predicted octanol–water partition coefficient (Wildman–Crippen LogP) is 3.04. The van der Waals surface area contributed by atoms with E-state index < -0.39 is 60.5 Å². The molecule has 0 aromatic heterocycles. The topological polar surface area (TPSA) is 251 Å². The van der Waals surface area contributed by atoms with Crippen LogP contribution in [-0.4, -0.2) is 103 Å². The largest absolute Gasteiger partial charge is 0.442 e. The lowest BCUT2D eigenvalue weighted by atomic mass is 9.98. The Hall–Kier alpha value is -4.35. The van der Waals surface area contributed by atoms with Crippen molar-refractivity contribution in [2.45, 2.75) is 129 Å². The Labute approximate surface area is 299 Å². The van der Waals surface area contributed by atoms with Crippen molar-refractivity contribution >= 4 is 35.8 Å². The van der Waals surface area contributed by atoms with Crippen LogP contribution in [0.4, 0.5) is 9.59 Å². The molecule has 19 nitrogen and oxygen atoms in total. The number of piperazine rings is 1. The van der Waals surface area contributed by atoms with E-state index in [1.165, 1.54) is 0 Å². The molecule has 0 radical (unpaired) electrons. The summed E-state index contributed by atoms with van der Waals surface area (Å²) < 4.78 is 10.0. The number of hydrogen-bond acceptors (Lipinski definition) is 11. The molecule has 1 saturated heterocycles. The lowest BCUT2D eigenvalue weighted by molar-refractivity contribution is -0.150. The van der Waals surface area contributed by atoms with Gasteiger partial charge in [0, 0.05) is 31.1 Å². The second-order valence-electron chi connectivity index (χ2n) is 14.0. The maximum absolute atomic E-state index is 13.5. The average Bonchev–Trinajstić information content (AvgIpc) is 3.01. The van der Waals surface area contributed by atoms with Crippen molar-refractivity contribution in [1.82, 2.24) is 31.8 Å². The summed E-state index contributed by atoms with van der Waals surface area (Å²) in [6.45, 7) is 10.8. The van der Waals surface area contributed by atoms with Crippen LogP contribution in [0.1, 0.15) is 106 Å². The molecule has 1 fully saturated rings. The van der Waals surface area contributed by atoms with Crippen LogP contribution in [0.3, 0.4) is 0 Å². The van der Waals surface area contributed by atoms with Crippen LogP contribution >= 0.6 is 0 Å². The van der Waals surface area contributed by atoms with E-state index in [4.69, 9.17) is 24.7 Å². The fourth-order valence-corrected chi connectivity index (χ4v) is 4.85. The molecule has 0 spiro atoms. The van der Waals surface area contributed by atoms with E-state index in [0.717, 1.165) is 19.3 Å². The maximum Gasteiger partial charge on any atom is 0.431 e. The third-order valence-corrected chi connectivity index (χ3v) is 7.03. The van der Waals surface area contributed by atoms with E-state index in [-0.39, 0.29) is 11.8 Å². The van der Waals surface area contributed by atoms with Gasteiger partial charge in [0.2, 0.25) is 23.6 Å². The Kier molecular flexibility index (Phi) is 21.0. The number of carbonyl (C=O) groups is 6. The smallest absolute Gasteiger partial charge is 0.431 e. The third kappa shape index (κ3) is 22.2. The molecule has 0 aliphatic carbocycles. The first-order valence-electron chi connectivity index (χ1n) is 17.4. The normalized spacial score (nSPS) is 16.0. The van der Waals surface area contributed by atoms with Gasteiger partial charge in [-0.3, -0.25) is 28.9 Å². The standard InChI is InChI=1S/C32H57N9O10/c1-31(2,3)50-29(46)38-48-21-25(42)34-17-12-9-15-23-28(45)41(20-14-8-7-11-19-36-40-33)24(27(44)37-23)16-10-13-18-35-26(43)22-49-39-30(47)51-32(4,5)6/h23-24H,7-22H2,1-6H3,(H,34,42)(H,35,43)(H,37,44)(H,38,46)(H,39,47)/t23-,24-/m0/s1. The first-order chi connectivity index (χ1) is 24.0. The van der Waals surface area contributed by atoms with Crippen molar-refractivity contribution in [3.05, 3.63) is 10.4 Å². The van der Waals surface area contributed by atoms with Crippen molar-refractivity contribution in [1.29, 1.82) is 0 Å². The molecule has 0 bridgehead atoms. The van der Waals surface area contributed by atoms with Crippen LogP contribution in [0.15, 0.2) is 5.11 Å². The first-order valence-corrected chi connectivity index (χ1v) is 17.4. The van der Waals surface area contributed by atoms with Gasteiger partial charge in [-0.15, -0.1) is 0 Å². The monoisotopic (exact) mass is 727 g/mol. The lowest BCUT2D eigenvalue weighted by Gasteiger charge is -2.39. The number of rotatable bonds is 23. The molecule has 0 unspecified atom stereocenters. The van der Waals surface area contributed by atoms with Gasteiger partial charge in [-0.25, -0.2) is 9.59 Å². The fraction of sp³-hybridized carbons (Fsp3) is 0.812. The van der Waals surface area contributed by atoms with Gasteiger partial charge >= 0.3 is 12.2 Å². The van der Waals surface area contributed by atoms with Crippen molar-refractivity contribution in [3.8, 4) is 0 Å². The molecule has 0 aromatic rings. The van der Waals surface area contributed by atoms with E-state index >= 15 is 0 Å². The van der Waals surface area contributed by atoms with E-state index in [0.29, 0.717) is 71.1 Å². The Morgan fingerprint density at radius 3 is 1.78 bits per heavy atom. The number of hydrogen-bond donors (Lipinski definition) is 5. The van der Waals surface area contributed by atoms with Crippen LogP contribution in [0, 0.1) is 0 Å². The summed E-state index contributed by atoms with van der Waals surface area (Å²) >= 11 is 0. The van der Waals surface area contributed by atoms with E-state index in [1.54, 1.807) is 46.4 Å². The van der Waals surface area contributed by atoms with E-state index in [2.05, 4.69) is 26.0 Å². The van der Waals surface area contributed by atoms with Gasteiger partial charge in [0.05, 0.1) is 0 Å². The third-order valence-electron chi connectivity index (χ3n) is 7.03. The van der Waals surface area contributed by atoms with Crippen molar-refractivity contribution < 1.29 is 47.9 Å². The summed E-state index contributed by atoms with van der Waals surface area (Å²) in [6.07, 6.45) is 4.45. The van der Waals surface area contributed by atoms with Crippen LogP contribution < -0.4 is 26.9 Å². The highest BCUT2D eigenvalue weighted by Crippen LogP contribution is 2.20. The Balaban J connectivity index is 2.51. The molecule has 6 amide bonds. The quantitative estimate of drug-likeness (QED) is 0.0338. The van der Waals surface area contributed by atoms with E-state index in [1.807, 2.05) is 11.0 Å². The number of hydroxylamine groups is 2. The lowest BCUT2D eigenvalue weighted by Crippen LogP contribution is -2.63. The number of unbranched alkanes of at least 4 members (excludes halogenated alkanes) is 5.